The third kappa shape index (κ3) is 9.67. The van der Waals surface area contributed by atoms with Gasteiger partial charge in [-0.1, -0.05) is 45.4 Å². The van der Waals surface area contributed by atoms with Crippen molar-refractivity contribution in [3.63, 3.8) is 0 Å². The van der Waals surface area contributed by atoms with Gasteiger partial charge in [-0.15, -0.1) is 0 Å². The van der Waals surface area contributed by atoms with Crippen molar-refractivity contribution in [1.82, 2.24) is 0 Å². The molecule has 0 atom stereocenters. The van der Waals surface area contributed by atoms with Gasteiger partial charge < -0.3 is 4.79 Å². The summed E-state index contributed by atoms with van der Waals surface area (Å²) in [7, 11) is 0. The number of hydrogen-bond donors (Lipinski definition) is 0. The lowest BCUT2D eigenvalue weighted by Gasteiger charge is -1.98. The van der Waals surface area contributed by atoms with E-state index in [1.54, 1.807) is 0 Å². The van der Waals surface area contributed by atoms with Crippen molar-refractivity contribution in [2.75, 3.05) is 0 Å². The molecule has 0 aromatic carbocycles. The normalized spacial score (nSPS) is 13.8. The van der Waals surface area contributed by atoms with E-state index in [0.717, 1.165) is 12.8 Å². The van der Waals surface area contributed by atoms with E-state index in [9.17, 15) is 4.79 Å². The van der Waals surface area contributed by atoms with Gasteiger partial charge in [0.15, 0.2) is 0 Å². The molecule has 0 heterocycles. The lowest BCUT2D eigenvalue weighted by atomic mass is 10.1. The molecule has 72 valence electrons. The van der Waals surface area contributed by atoms with Gasteiger partial charge in [-0.3, -0.25) is 0 Å². The maximum absolute atomic E-state index is 10.9. The fourth-order valence-corrected chi connectivity index (χ4v) is 1.17. The van der Waals surface area contributed by atoms with Crippen molar-refractivity contribution in [3.8, 4) is 0 Å². The van der Waals surface area contributed by atoms with Gasteiger partial charge in [0.25, 0.3) is 0 Å². The predicted molar refractivity (Wildman–Crippen MR) is 53.3 cm³/mol. The summed E-state index contributed by atoms with van der Waals surface area (Å²) in [6.07, 6.45) is 5.57. The molecule has 0 radical (unpaired) electrons. The largest absolute Gasteiger partial charge is 0.300 e. The average Bonchev–Trinajstić information content (AvgIpc) is 2.10. The smallest absolute Gasteiger partial charge is 0.129 e. The Bertz CT molecular complexity index is 167. The second-order valence-corrected chi connectivity index (χ2v) is 3.25. The van der Waals surface area contributed by atoms with Gasteiger partial charge in [0.05, 0.1) is 0 Å². The van der Waals surface area contributed by atoms with Gasteiger partial charge >= 0.3 is 0 Å². The number of Topliss-reactive ketones (excluding diaryl/α,β-unsaturated/α-hetero) is 1. The van der Waals surface area contributed by atoms with Crippen LogP contribution in [0, 0.1) is 0 Å². The van der Waals surface area contributed by atoms with Crippen LogP contribution in [0.15, 0.2) is 0 Å². The predicted octanol–water partition coefficient (Wildman–Crippen LogP) is 3.72. The SMILES string of the molecule is [2H]C([2H])(CCCCCCCC)C(C)=O. The third-order valence-corrected chi connectivity index (χ3v) is 1.90. The highest BCUT2D eigenvalue weighted by atomic mass is 16.1. The van der Waals surface area contributed by atoms with E-state index < -0.39 is 6.37 Å². The van der Waals surface area contributed by atoms with E-state index >= 15 is 0 Å². The Hall–Kier alpha value is -0.330. The topological polar surface area (TPSA) is 17.1 Å². The second kappa shape index (κ2) is 8.76. The standard InChI is InChI=1S/C11H22O/c1-3-4-5-6-7-8-9-10-11(2)12/h3-10H2,1-2H3/i10D2. The highest BCUT2D eigenvalue weighted by molar-refractivity contribution is 5.75. The Morgan fingerprint density at radius 3 is 2.08 bits per heavy atom. The van der Waals surface area contributed by atoms with Gasteiger partial charge in [0.1, 0.15) is 5.78 Å². The molecule has 0 rings (SSSR count). The molecule has 0 N–H and O–H groups in total. The van der Waals surface area contributed by atoms with Gasteiger partial charge in [0.2, 0.25) is 0 Å². The summed E-state index contributed by atoms with van der Waals surface area (Å²) in [5, 5.41) is 0. The van der Waals surface area contributed by atoms with Crippen LogP contribution in [-0.2, 0) is 4.79 Å². The minimum absolute atomic E-state index is 0.342. The molecule has 1 nitrogen and oxygen atoms in total. The molecule has 0 saturated carbocycles. The first-order valence-electron chi connectivity index (χ1n) is 6.01. The average molecular weight is 172 g/mol. The van der Waals surface area contributed by atoms with Gasteiger partial charge in [0, 0.05) is 9.11 Å². The van der Waals surface area contributed by atoms with Crippen molar-refractivity contribution >= 4 is 5.78 Å². The molecule has 0 unspecified atom stereocenters. The highest BCUT2D eigenvalue weighted by Crippen LogP contribution is 2.08. The van der Waals surface area contributed by atoms with E-state index in [0.29, 0.717) is 6.42 Å². The Morgan fingerprint density at radius 1 is 1.08 bits per heavy atom. The minimum Gasteiger partial charge on any atom is -0.300 e. The number of rotatable bonds is 8. The van der Waals surface area contributed by atoms with Crippen LogP contribution in [-0.4, -0.2) is 5.78 Å². The summed E-state index contributed by atoms with van der Waals surface area (Å²) in [5.41, 5.74) is 0. The van der Waals surface area contributed by atoms with Crippen LogP contribution in [0.1, 0.15) is 67.9 Å². The van der Waals surface area contributed by atoms with Crippen LogP contribution in [0.4, 0.5) is 0 Å². The molecule has 0 saturated heterocycles. The Balaban J connectivity index is 3.40. The number of hydrogen-bond acceptors (Lipinski definition) is 1. The number of carbonyl (C=O) groups excluding carboxylic acids is 1. The number of carbonyl (C=O) groups is 1. The molecular formula is C11H22O. The van der Waals surface area contributed by atoms with Crippen LogP contribution in [0.5, 0.6) is 0 Å². The molecular weight excluding hydrogens is 148 g/mol. The Labute approximate surface area is 79.4 Å². The van der Waals surface area contributed by atoms with Crippen molar-refractivity contribution in [3.05, 3.63) is 0 Å². The van der Waals surface area contributed by atoms with E-state index in [2.05, 4.69) is 6.92 Å². The third-order valence-electron chi connectivity index (χ3n) is 1.90. The Morgan fingerprint density at radius 2 is 1.58 bits per heavy atom. The van der Waals surface area contributed by atoms with Crippen LogP contribution >= 0.6 is 0 Å². The molecule has 0 aliphatic carbocycles. The molecule has 0 bridgehead atoms. The first-order valence-corrected chi connectivity index (χ1v) is 5.01. The summed E-state index contributed by atoms with van der Waals surface area (Å²) in [6.45, 7) is 3.51. The summed E-state index contributed by atoms with van der Waals surface area (Å²) >= 11 is 0. The molecule has 0 amide bonds. The van der Waals surface area contributed by atoms with Crippen LogP contribution in [0.2, 0.25) is 0 Å². The van der Waals surface area contributed by atoms with Crippen LogP contribution in [0.3, 0.4) is 0 Å². The monoisotopic (exact) mass is 172 g/mol. The number of unbranched alkanes of at least 4 members (excludes halogenated alkanes) is 5. The van der Waals surface area contributed by atoms with Gasteiger partial charge in [-0.05, 0) is 13.3 Å². The molecule has 0 aromatic rings. The molecule has 0 aliphatic heterocycles. The molecule has 1 heteroatoms. The fraction of sp³-hybridized carbons (Fsp3) is 0.909. The molecule has 12 heavy (non-hydrogen) atoms. The zero-order valence-corrected chi connectivity index (χ0v) is 8.36. The molecule has 0 aromatic heterocycles. The molecule has 0 spiro atoms. The van der Waals surface area contributed by atoms with Crippen LogP contribution < -0.4 is 0 Å². The quantitative estimate of drug-likeness (QED) is 0.510. The van der Waals surface area contributed by atoms with E-state index in [1.807, 2.05) is 0 Å². The van der Waals surface area contributed by atoms with Gasteiger partial charge in [-0.25, -0.2) is 0 Å². The summed E-state index contributed by atoms with van der Waals surface area (Å²) in [6, 6.07) is 0. The van der Waals surface area contributed by atoms with E-state index in [-0.39, 0.29) is 5.78 Å². The minimum atomic E-state index is -1.59. The zero-order chi connectivity index (χ0) is 11.0. The second-order valence-electron chi connectivity index (χ2n) is 3.25. The zero-order valence-electron chi connectivity index (χ0n) is 10.4. The van der Waals surface area contributed by atoms with E-state index in [1.165, 1.54) is 32.6 Å². The lowest BCUT2D eigenvalue weighted by Crippen LogP contribution is -1.89. The summed E-state index contributed by atoms with van der Waals surface area (Å²) in [5.74, 6) is -0.342. The Kier molecular flexibility index (Phi) is 6.04. The first kappa shape index (κ1) is 8.28. The van der Waals surface area contributed by atoms with Crippen LogP contribution in [0.25, 0.3) is 0 Å². The maximum Gasteiger partial charge on any atom is 0.129 e. The maximum atomic E-state index is 10.9. The molecule has 0 fully saturated rings. The van der Waals surface area contributed by atoms with E-state index in [4.69, 9.17) is 2.74 Å². The van der Waals surface area contributed by atoms with Crippen molar-refractivity contribution in [2.24, 2.45) is 0 Å². The fourth-order valence-electron chi connectivity index (χ4n) is 1.17. The first-order chi connectivity index (χ1) is 6.50. The summed E-state index contributed by atoms with van der Waals surface area (Å²) in [4.78, 5) is 10.9. The highest BCUT2D eigenvalue weighted by Gasteiger charge is 1.93. The van der Waals surface area contributed by atoms with Crippen molar-refractivity contribution in [2.45, 2.75) is 65.2 Å². The molecule has 0 aliphatic rings. The number of ketones is 1. The van der Waals surface area contributed by atoms with Gasteiger partial charge in [-0.2, -0.15) is 0 Å². The lowest BCUT2D eigenvalue weighted by molar-refractivity contribution is -0.117. The van der Waals surface area contributed by atoms with Crippen molar-refractivity contribution < 1.29 is 7.54 Å². The van der Waals surface area contributed by atoms with Crippen molar-refractivity contribution in [1.29, 1.82) is 0 Å². The summed E-state index contributed by atoms with van der Waals surface area (Å²) < 4.78 is 14.8.